The van der Waals surface area contributed by atoms with Crippen molar-refractivity contribution in [1.29, 1.82) is 0 Å². The molecule has 2 N–H and O–H groups in total. The predicted octanol–water partition coefficient (Wildman–Crippen LogP) is 2.91. The summed E-state index contributed by atoms with van der Waals surface area (Å²) in [5, 5.41) is 4.85. The van der Waals surface area contributed by atoms with Gasteiger partial charge in [0.15, 0.2) is 0 Å². The standard InChI is InChI=1S/C17H14F4N4O2/c18-12-6-9(5-11(7-12)17(19,20)21)8-23-15(27)13-3-4-22-16(24-13)25-14(26)10-1-2-10/h3-7,10H,1-2,8H2,(H,23,27)(H,22,24,25,26). The lowest BCUT2D eigenvalue weighted by Crippen LogP contribution is -2.25. The largest absolute Gasteiger partial charge is 0.416 e. The molecular formula is C17H14F4N4O2. The number of hydrogen-bond donors (Lipinski definition) is 2. The molecule has 142 valence electrons. The van der Waals surface area contributed by atoms with Crippen LogP contribution in [-0.2, 0) is 17.5 Å². The van der Waals surface area contributed by atoms with Crippen LogP contribution in [0.2, 0.25) is 0 Å². The molecule has 10 heteroatoms. The van der Waals surface area contributed by atoms with Crippen LogP contribution in [0.4, 0.5) is 23.5 Å². The summed E-state index contributed by atoms with van der Waals surface area (Å²) in [6.07, 6.45) is -1.84. The Balaban J connectivity index is 1.65. The van der Waals surface area contributed by atoms with Gasteiger partial charge in [0.05, 0.1) is 5.56 Å². The number of carbonyl (C=O) groups is 2. The second kappa shape index (κ2) is 7.29. The Morgan fingerprint density at radius 2 is 1.93 bits per heavy atom. The topological polar surface area (TPSA) is 84.0 Å². The van der Waals surface area contributed by atoms with E-state index >= 15 is 0 Å². The van der Waals surface area contributed by atoms with Gasteiger partial charge in [0.1, 0.15) is 11.5 Å². The molecule has 1 aliphatic carbocycles. The number of nitrogens with one attached hydrogen (secondary N) is 2. The maximum atomic E-state index is 13.4. The molecule has 0 atom stereocenters. The highest BCUT2D eigenvalue weighted by Gasteiger charge is 2.31. The Hall–Kier alpha value is -3.04. The molecule has 1 aromatic heterocycles. The lowest BCUT2D eigenvalue weighted by Gasteiger charge is -2.10. The van der Waals surface area contributed by atoms with Gasteiger partial charge < -0.3 is 5.32 Å². The van der Waals surface area contributed by atoms with Crippen LogP contribution in [0.25, 0.3) is 0 Å². The number of benzene rings is 1. The third-order valence-electron chi connectivity index (χ3n) is 3.81. The van der Waals surface area contributed by atoms with E-state index < -0.39 is 23.5 Å². The van der Waals surface area contributed by atoms with E-state index in [4.69, 9.17) is 0 Å². The van der Waals surface area contributed by atoms with Crippen LogP contribution in [-0.4, -0.2) is 21.8 Å². The van der Waals surface area contributed by atoms with Crippen molar-refractivity contribution in [3.63, 3.8) is 0 Å². The number of rotatable bonds is 5. The van der Waals surface area contributed by atoms with Gasteiger partial charge >= 0.3 is 6.18 Å². The number of anilines is 1. The minimum absolute atomic E-state index is 0.0373. The maximum Gasteiger partial charge on any atom is 0.416 e. The van der Waals surface area contributed by atoms with E-state index in [0.29, 0.717) is 6.07 Å². The normalized spacial score (nSPS) is 13.9. The van der Waals surface area contributed by atoms with Crippen molar-refractivity contribution in [2.75, 3.05) is 5.32 Å². The van der Waals surface area contributed by atoms with E-state index in [9.17, 15) is 27.2 Å². The lowest BCUT2D eigenvalue weighted by atomic mass is 10.1. The van der Waals surface area contributed by atoms with Gasteiger partial charge in [0.25, 0.3) is 5.91 Å². The fourth-order valence-electron chi connectivity index (χ4n) is 2.29. The maximum absolute atomic E-state index is 13.4. The third kappa shape index (κ3) is 4.99. The molecule has 6 nitrogen and oxygen atoms in total. The number of amides is 2. The number of halogens is 4. The van der Waals surface area contributed by atoms with Gasteiger partial charge in [-0.25, -0.2) is 14.4 Å². The second-order valence-corrected chi connectivity index (χ2v) is 6.06. The number of aromatic nitrogens is 2. The molecule has 0 unspecified atom stereocenters. The quantitative estimate of drug-likeness (QED) is 0.779. The lowest BCUT2D eigenvalue weighted by molar-refractivity contribution is -0.137. The monoisotopic (exact) mass is 382 g/mol. The Bertz CT molecular complexity index is 881. The second-order valence-electron chi connectivity index (χ2n) is 6.06. The minimum atomic E-state index is -4.69. The number of carbonyl (C=O) groups excluding carboxylic acids is 2. The van der Waals surface area contributed by atoms with Crippen LogP contribution in [0.5, 0.6) is 0 Å². The van der Waals surface area contributed by atoms with Crippen molar-refractivity contribution >= 4 is 17.8 Å². The molecule has 2 amide bonds. The van der Waals surface area contributed by atoms with E-state index in [1.165, 1.54) is 12.3 Å². The summed E-state index contributed by atoms with van der Waals surface area (Å²) < 4.78 is 51.5. The van der Waals surface area contributed by atoms with Crippen LogP contribution in [0.3, 0.4) is 0 Å². The fourth-order valence-corrected chi connectivity index (χ4v) is 2.29. The summed E-state index contributed by atoms with van der Waals surface area (Å²) in [5.41, 5.74) is -1.27. The summed E-state index contributed by atoms with van der Waals surface area (Å²) in [6, 6.07) is 3.32. The van der Waals surface area contributed by atoms with Crippen LogP contribution in [0, 0.1) is 11.7 Å². The van der Waals surface area contributed by atoms with E-state index in [1.54, 1.807) is 0 Å². The molecule has 0 saturated heterocycles. The Labute approximate surface area is 151 Å². The van der Waals surface area contributed by atoms with Crippen molar-refractivity contribution in [3.05, 3.63) is 53.1 Å². The molecule has 2 aromatic rings. The Morgan fingerprint density at radius 3 is 2.59 bits per heavy atom. The third-order valence-corrected chi connectivity index (χ3v) is 3.81. The molecule has 0 bridgehead atoms. The SMILES string of the molecule is O=C(NCc1cc(F)cc(C(F)(F)F)c1)c1ccnc(NC(=O)C2CC2)n1. The summed E-state index contributed by atoms with van der Waals surface area (Å²) in [4.78, 5) is 31.6. The van der Waals surface area contributed by atoms with Crippen molar-refractivity contribution in [1.82, 2.24) is 15.3 Å². The molecule has 0 radical (unpaired) electrons. The summed E-state index contributed by atoms with van der Waals surface area (Å²) in [6.45, 7) is -0.326. The van der Waals surface area contributed by atoms with Gasteiger partial charge in [0.2, 0.25) is 11.9 Å². The van der Waals surface area contributed by atoms with Gasteiger partial charge in [-0.3, -0.25) is 14.9 Å². The molecule has 1 heterocycles. The first-order valence-corrected chi connectivity index (χ1v) is 8.01. The number of hydrogen-bond acceptors (Lipinski definition) is 4. The zero-order valence-corrected chi connectivity index (χ0v) is 13.8. The van der Waals surface area contributed by atoms with Gasteiger partial charge in [-0.2, -0.15) is 13.2 Å². The number of alkyl halides is 3. The highest BCUT2D eigenvalue weighted by atomic mass is 19.4. The molecule has 0 spiro atoms. The van der Waals surface area contributed by atoms with Gasteiger partial charge in [0, 0.05) is 18.7 Å². The molecule has 1 fully saturated rings. The van der Waals surface area contributed by atoms with Crippen molar-refractivity contribution in [2.45, 2.75) is 25.6 Å². The molecule has 0 aliphatic heterocycles. The highest BCUT2D eigenvalue weighted by molar-refractivity contribution is 5.94. The van der Waals surface area contributed by atoms with E-state index in [2.05, 4.69) is 20.6 Å². The summed E-state index contributed by atoms with van der Waals surface area (Å²) in [5.74, 6) is -2.09. The van der Waals surface area contributed by atoms with Crippen LogP contribution in [0.1, 0.15) is 34.5 Å². The molecule has 1 aromatic carbocycles. The fraction of sp³-hybridized carbons (Fsp3) is 0.294. The predicted molar refractivity (Wildman–Crippen MR) is 86.0 cm³/mol. The first-order chi connectivity index (χ1) is 12.7. The van der Waals surface area contributed by atoms with E-state index in [-0.39, 0.29) is 35.6 Å². The molecular weight excluding hydrogens is 368 g/mol. The van der Waals surface area contributed by atoms with Gasteiger partial charge in [-0.05, 0) is 42.7 Å². The van der Waals surface area contributed by atoms with Crippen LogP contribution in [0.15, 0.2) is 30.5 Å². The smallest absolute Gasteiger partial charge is 0.347 e. The first kappa shape index (κ1) is 18.7. The highest BCUT2D eigenvalue weighted by Crippen LogP contribution is 2.30. The molecule has 27 heavy (non-hydrogen) atoms. The van der Waals surface area contributed by atoms with Gasteiger partial charge in [-0.1, -0.05) is 0 Å². The summed E-state index contributed by atoms with van der Waals surface area (Å²) >= 11 is 0. The zero-order valence-electron chi connectivity index (χ0n) is 13.8. The average Bonchev–Trinajstić information content (AvgIpc) is 3.44. The van der Waals surface area contributed by atoms with Crippen molar-refractivity contribution in [2.24, 2.45) is 5.92 Å². The van der Waals surface area contributed by atoms with Crippen LogP contribution < -0.4 is 10.6 Å². The molecule has 1 aliphatic rings. The van der Waals surface area contributed by atoms with Crippen LogP contribution >= 0.6 is 0 Å². The average molecular weight is 382 g/mol. The van der Waals surface area contributed by atoms with Crippen molar-refractivity contribution < 1.29 is 27.2 Å². The number of nitrogens with zero attached hydrogens (tertiary/aromatic N) is 2. The Morgan fingerprint density at radius 1 is 1.19 bits per heavy atom. The molecule has 3 rings (SSSR count). The van der Waals surface area contributed by atoms with Crippen molar-refractivity contribution in [3.8, 4) is 0 Å². The van der Waals surface area contributed by atoms with E-state index in [0.717, 1.165) is 25.0 Å². The van der Waals surface area contributed by atoms with E-state index in [1.807, 2.05) is 0 Å². The molecule has 1 saturated carbocycles. The first-order valence-electron chi connectivity index (χ1n) is 8.01. The Kier molecular flexibility index (Phi) is 5.06. The summed E-state index contributed by atoms with van der Waals surface area (Å²) in [7, 11) is 0. The zero-order chi connectivity index (χ0) is 19.6. The minimum Gasteiger partial charge on any atom is -0.347 e. The van der Waals surface area contributed by atoms with Gasteiger partial charge in [-0.15, -0.1) is 0 Å².